The predicted molar refractivity (Wildman–Crippen MR) is 123 cm³/mol. The molecule has 0 N–H and O–H groups in total. The van der Waals surface area contributed by atoms with Crippen molar-refractivity contribution in [3.63, 3.8) is 0 Å². The summed E-state index contributed by atoms with van der Waals surface area (Å²) < 4.78 is 0. The number of rotatable bonds is 19. The fraction of sp³-hybridized carbons (Fsp3) is 0.769. The highest BCUT2D eigenvalue weighted by Gasteiger charge is 2.05. The van der Waals surface area contributed by atoms with E-state index in [0.29, 0.717) is 0 Å². The molecule has 0 amide bonds. The Hall–Kier alpha value is -0.820. The zero-order valence-corrected chi connectivity index (χ0v) is 18.6. The van der Waals surface area contributed by atoms with Crippen molar-refractivity contribution < 1.29 is 0 Å². The Labute approximate surface area is 170 Å². The van der Waals surface area contributed by atoms with E-state index in [0.717, 1.165) is 0 Å². The van der Waals surface area contributed by atoms with Crippen molar-refractivity contribution in [3.8, 4) is 0 Å². The topological polar surface area (TPSA) is 3.24 Å². The molecule has 1 aromatic carbocycles. The van der Waals surface area contributed by atoms with Crippen LogP contribution in [-0.2, 0) is 6.42 Å². The fourth-order valence-electron chi connectivity index (χ4n) is 3.88. The Balaban J connectivity index is 2.17. The minimum atomic E-state index is 1.24. The smallest absolute Gasteiger partial charge is 0.00186 e. The van der Waals surface area contributed by atoms with Gasteiger partial charge in [-0.3, -0.25) is 0 Å². The molecule has 0 radical (unpaired) electrons. The van der Waals surface area contributed by atoms with Crippen LogP contribution in [0.5, 0.6) is 0 Å². The molecule has 1 aromatic rings. The number of aryl methyl sites for hydroxylation is 1. The van der Waals surface area contributed by atoms with Gasteiger partial charge in [0, 0.05) is 0 Å². The maximum absolute atomic E-state index is 2.77. The van der Waals surface area contributed by atoms with Crippen LogP contribution in [0.4, 0.5) is 0 Å². The van der Waals surface area contributed by atoms with E-state index in [9.17, 15) is 0 Å². The molecule has 0 atom stereocenters. The molecule has 0 saturated heterocycles. The van der Waals surface area contributed by atoms with E-state index in [2.05, 4.69) is 49.1 Å². The van der Waals surface area contributed by atoms with Gasteiger partial charge in [0.15, 0.2) is 0 Å². The lowest BCUT2D eigenvalue weighted by atomic mass is 10.1. The van der Waals surface area contributed by atoms with E-state index in [-0.39, 0.29) is 0 Å². The molecule has 1 heteroatoms. The Kier molecular flexibility index (Phi) is 16.6. The molecule has 0 aliphatic rings. The van der Waals surface area contributed by atoms with Gasteiger partial charge in [0.25, 0.3) is 0 Å². The van der Waals surface area contributed by atoms with Gasteiger partial charge in [0.1, 0.15) is 0 Å². The average Bonchev–Trinajstić information content (AvgIpc) is 2.70. The first-order valence-corrected chi connectivity index (χ1v) is 12.1. The quantitative estimate of drug-likeness (QED) is 0.222. The van der Waals surface area contributed by atoms with Gasteiger partial charge in [-0.1, -0.05) is 108 Å². The zero-order valence-electron chi connectivity index (χ0n) is 18.6. The second-order valence-electron chi connectivity index (χ2n) is 8.32. The number of hydrogen-bond acceptors (Lipinski definition) is 1. The van der Waals surface area contributed by atoms with Crippen LogP contribution < -0.4 is 0 Å². The molecule has 0 aliphatic carbocycles. The fourth-order valence-corrected chi connectivity index (χ4v) is 3.88. The van der Waals surface area contributed by atoms with Gasteiger partial charge in [-0.25, -0.2) is 0 Å². The lowest BCUT2D eigenvalue weighted by Crippen LogP contribution is -2.27. The molecule has 0 aliphatic heterocycles. The highest BCUT2D eigenvalue weighted by Crippen LogP contribution is 2.11. The first-order valence-electron chi connectivity index (χ1n) is 12.1. The monoisotopic (exact) mass is 373 g/mol. The number of nitrogens with zero attached hydrogens (tertiary/aromatic N) is 1. The molecule has 0 fully saturated rings. The normalized spacial score (nSPS) is 11.4. The molecular formula is C26H47N. The van der Waals surface area contributed by atoms with Crippen molar-refractivity contribution in [1.29, 1.82) is 0 Å². The molecule has 1 nitrogen and oxygen atoms in total. The molecule has 0 spiro atoms. The standard InChI is InChI=1S/C26H47N/c1-3-5-7-9-11-17-23-27(24-18-12-10-8-6-4-2)25-19-16-22-26-20-14-13-15-21-26/h13-15,20-21H,3-12,16-19,22-25H2,1-2H3. The van der Waals surface area contributed by atoms with Gasteiger partial charge in [0.05, 0.1) is 0 Å². The van der Waals surface area contributed by atoms with E-state index in [1.54, 1.807) is 0 Å². The van der Waals surface area contributed by atoms with E-state index in [1.807, 2.05) is 0 Å². The summed E-state index contributed by atoms with van der Waals surface area (Å²) in [4.78, 5) is 2.77. The van der Waals surface area contributed by atoms with Gasteiger partial charge in [0.2, 0.25) is 0 Å². The van der Waals surface area contributed by atoms with Crippen molar-refractivity contribution in [1.82, 2.24) is 4.90 Å². The summed E-state index contributed by atoms with van der Waals surface area (Å²) in [6.45, 7) is 8.56. The van der Waals surface area contributed by atoms with Crippen LogP contribution in [0.15, 0.2) is 30.3 Å². The highest BCUT2D eigenvalue weighted by atomic mass is 15.1. The van der Waals surface area contributed by atoms with Crippen LogP contribution in [0.3, 0.4) is 0 Å². The Morgan fingerprint density at radius 2 is 0.963 bits per heavy atom. The first-order chi connectivity index (χ1) is 13.4. The van der Waals surface area contributed by atoms with Gasteiger partial charge in [-0.05, 0) is 57.3 Å². The largest absolute Gasteiger partial charge is 0.303 e. The van der Waals surface area contributed by atoms with E-state index < -0.39 is 0 Å². The third-order valence-corrected chi connectivity index (χ3v) is 5.69. The average molecular weight is 374 g/mol. The minimum Gasteiger partial charge on any atom is -0.303 e. The lowest BCUT2D eigenvalue weighted by Gasteiger charge is -2.22. The minimum absolute atomic E-state index is 1.24. The van der Waals surface area contributed by atoms with Crippen LogP contribution in [0.25, 0.3) is 0 Å². The SMILES string of the molecule is CCCCCCCCN(CCCCCCCC)CCCCc1ccccc1. The molecule has 0 heterocycles. The summed E-state index contributed by atoms with van der Waals surface area (Å²) in [5.41, 5.74) is 1.50. The van der Waals surface area contributed by atoms with Crippen LogP contribution >= 0.6 is 0 Å². The highest BCUT2D eigenvalue weighted by molar-refractivity contribution is 5.14. The van der Waals surface area contributed by atoms with Gasteiger partial charge >= 0.3 is 0 Å². The van der Waals surface area contributed by atoms with Crippen molar-refractivity contribution in [3.05, 3.63) is 35.9 Å². The van der Waals surface area contributed by atoms with Crippen LogP contribution in [0.2, 0.25) is 0 Å². The van der Waals surface area contributed by atoms with Crippen LogP contribution in [0, 0.1) is 0 Å². The number of benzene rings is 1. The Morgan fingerprint density at radius 3 is 1.48 bits per heavy atom. The molecule has 0 bridgehead atoms. The van der Waals surface area contributed by atoms with Gasteiger partial charge in [-0.2, -0.15) is 0 Å². The second-order valence-corrected chi connectivity index (χ2v) is 8.32. The van der Waals surface area contributed by atoms with E-state index in [4.69, 9.17) is 0 Å². The summed E-state index contributed by atoms with van der Waals surface area (Å²) >= 11 is 0. The van der Waals surface area contributed by atoms with Crippen molar-refractivity contribution in [2.75, 3.05) is 19.6 Å². The van der Waals surface area contributed by atoms with Gasteiger partial charge in [-0.15, -0.1) is 0 Å². The summed E-state index contributed by atoms with van der Waals surface area (Å²) in [5, 5.41) is 0. The molecule has 0 saturated carbocycles. The van der Waals surface area contributed by atoms with E-state index >= 15 is 0 Å². The maximum atomic E-state index is 2.77. The molecule has 0 aromatic heterocycles. The predicted octanol–water partition coefficient (Wildman–Crippen LogP) is 8.03. The van der Waals surface area contributed by atoms with Crippen molar-refractivity contribution in [2.45, 2.75) is 110 Å². The van der Waals surface area contributed by atoms with E-state index in [1.165, 1.54) is 122 Å². The summed E-state index contributed by atoms with van der Waals surface area (Å²) in [6, 6.07) is 11.0. The zero-order chi connectivity index (χ0) is 19.4. The number of unbranched alkanes of at least 4 members (excludes halogenated alkanes) is 11. The molecule has 0 unspecified atom stereocenters. The summed E-state index contributed by atoms with van der Waals surface area (Å²) in [6.07, 6.45) is 20.9. The first kappa shape index (κ1) is 24.2. The maximum Gasteiger partial charge on any atom is -0.00186 e. The second kappa shape index (κ2) is 18.5. The van der Waals surface area contributed by atoms with Crippen LogP contribution in [0.1, 0.15) is 109 Å². The summed E-state index contributed by atoms with van der Waals surface area (Å²) in [5.74, 6) is 0. The van der Waals surface area contributed by atoms with Gasteiger partial charge < -0.3 is 4.90 Å². The van der Waals surface area contributed by atoms with Crippen molar-refractivity contribution in [2.24, 2.45) is 0 Å². The number of hydrogen-bond donors (Lipinski definition) is 0. The van der Waals surface area contributed by atoms with Crippen LogP contribution in [-0.4, -0.2) is 24.5 Å². The lowest BCUT2D eigenvalue weighted by molar-refractivity contribution is 0.255. The molecule has 1 rings (SSSR count). The van der Waals surface area contributed by atoms with Crippen molar-refractivity contribution >= 4 is 0 Å². The summed E-state index contributed by atoms with van der Waals surface area (Å²) in [7, 11) is 0. The molecule has 27 heavy (non-hydrogen) atoms. The Bertz CT molecular complexity index is 384. The Morgan fingerprint density at radius 1 is 0.519 bits per heavy atom. The third-order valence-electron chi connectivity index (χ3n) is 5.69. The third kappa shape index (κ3) is 14.9. The molecule has 156 valence electrons. The molecular weight excluding hydrogens is 326 g/mol.